The Morgan fingerprint density at radius 2 is 1.88 bits per heavy atom. The second-order valence-corrected chi connectivity index (χ2v) is 8.60. The highest BCUT2D eigenvalue weighted by molar-refractivity contribution is 5.22. The maximum absolute atomic E-state index is 13.1. The summed E-state index contributed by atoms with van der Waals surface area (Å²) in [5.41, 5.74) is 2.59. The minimum atomic E-state index is 0.288. The van der Waals surface area contributed by atoms with Crippen molar-refractivity contribution in [3.05, 3.63) is 33.7 Å². The predicted molar refractivity (Wildman–Crippen MR) is 98.9 cm³/mol. The van der Waals surface area contributed by atoms with E-state index < -0.39 is 0 Å². The molecule has 2 atom stereocenters. The summed E-state index contributed by atoms with van der Waals surface area (Å²) in [4.78, 5) is 18.2. The van der Waals surface area contributed by atoms with Crippen molar-refractivity contribution in [1.29, 1.82) is 0 Å². The normalized spacial score (nSPS) is 30.7. The molecule has 4 aliphatic heterocycles. The average molecular weight is 342 g/mol. The number of aromatic nitrogens is 1. The van der Waals surface area contributed by atoms with E-state index in [1.807, 2.05) is 0 Å². The fourth-order valence-electron chi connectivity index (χ4n) is 5.34. The van der Waals surface area contributed by atoms with Crippen LogP contribution in [-0.2, 0) is 13.1 Å². The van der Waals surface area contributed by atoms with Crippen molar-refractivity contribution in [2.45, 2.75) is 50.7 Å². The van der Waals surface area contributed by atoms with E-state index in [4.69, 9.17) is 0 Å². The Morgan fingerprint density at radius 1 is 1.04 bits per heavy atom. The highest BCUT2D eigenvalue weighted by Crippen LogP contribution is 2.36. The molecule has 0 saturated carbocycles. The van der Waals surface area contributed by atoms with Gasteiger partial charge in [-0.25, -0.2) is 0 Å². The van der Waals surface area contributed by atoms with Gasteiger partial charge in [0.25, 0.3) is 5.56 Å². The molecule has 5 heterocycles. The molecular weight excluding hydrogens is 312 g/mol. The van der Waals surface area contributed by atoms with Gasteiger partial charge in [-0.15, -0.1) is 0 Å². The molecule has 3 fully saturated rings. The Hall–Kier alpha value is -1.17. The molecule has 25 heavy (non-hydrogen) atoms. The lowest BCUT2D eigenvalue weighted by Gasteiger charge is -2.48. The van der Waals surface area contributed by atoms with Gasteiger partial charge in [-0.05, 0) is 44.3 Å². The summed E-state index contributed by atoms with van der Waals surface area (Å²) in [7, 11) is 0. The standard InChI is InChI=1S/C20H30N4O/c25-20-16(13-22-6-2-1-3-7-22)4-5-19-17-8-15(12-24(19)20)11-23(14-17)18-9-21-10-18/h4-5,15,17-18,21H,1-3,6-14H2/t15-,17+/m0/s1. The van der Waals surface area contributed by atoms with E-state index >= 15 is 0 Å². The van der Waals surface area contributed by atoms with Crippen LogP contribution in [-0.4, -0.2) is 59.7 Å². The van der Waals surface area contributed by atoms with E-state index in [-0.39, 0.29) is 5.56 Å². The number of piperidine rings is 2. The molecule has 0 amide bonds. The van der Waals surface area contributed by atoms with Crippen LogP contribution in [0, 0.1) is 5.92 Å². The van der Waals surface area contributed by atoms with Gasteiger partial charge in [-0.1, -0.05) is 12.5 Å². The summed E-state index contributed by atoms with van der Waals surface area (Å²) in [6.07, 6.45) is 5.17. The summed E-state index contributed by atoms with van der Waals surface area (Å²) < 4.78 is 2.13. The summed E-state index contributed by atoms with van der Waals surface area (Å²) in [5.74, 6) is 1.19. The molecule has 0 radical (unpaired) electrons. The fourth-order valence-corrected chi connectivity index (χ4v) is 5.34. The molecule has 1 aromatic rings. The van der Waals surface area contributed by atoms with E-state index in [1.165, 1.54) is 37.9 Å². The van der Waals surface area contributed by atoms with Crippen LogP contribution < -0.4 is 10.9 Å². The van der Waals surface area contributed by atoms with Crippen molar-refractivity contribution >= 4 is 0 Å². The molecule has 3 saturated heterocycles. The van der Waals surface area contributed by atoms with Crippen LogP contribution in [0.5, 0.6) is 0 Å². The predicted octanol–water partition coefficient (Wildman–Crippen LogP) is 1.23. The maximum atomic E-state index is 13.1. The molecule has 2 bridgehead atoms. The molecule has 4 aliphatic rings. The zero-order valence-corrected chi connectivity index (χ0v) is 15.1. The Bertz CT molecular complexity index is 689. The monoisotopic (exact) mass is 342 g/mol. The van der Waals surface area contributed by atoms with Crippen molar-refractivity contribution in [3.63, 3.8) is 0 Å². The first-order valence-corrected chi connectivity index (χ1v) is 10.2. The third kappa shape index (κ3) is 2.96. The van der Waals surface area contributed by atoms with Crippen molar-refractivity contribution in [1.82, 2.24) is 19.7 Å². The topological polar surface area (TPSA) is 40.5 Å². The van der Waals surface area contributed by atoms with Gasteiger partial charge in [0, 0.05) is 62.5 Å². The minimum absolute atomic E-state index is 0.288. The second-order valence-electron chi connectivity index (χ2n) is 8.60. The first-order valence-electron chi connectivity index (χ1n) is 10.2. The zero-order chi connectivity index (χ0) is 16.8. The lowest BCUT2D eigenvalue weighted by Crippen LogP contribution is -2.61. The van der Waals surface area contributed by atoms with Gasteiger partial charge in [-0.3, -0.25) is 14.6 Å². The van der Waals surface area contributed by atoms with Crippen LogP contribution in [0.25, 0.3) is 0 Å². The Labute approximate surface area is 150 Å². The molecule has 1 N–H and O–H groups in total. The number of hydrogen-bond acceptors (Lipinski definition) is 4. The van der Waals surface area contributed by atoms with Gasteiger partial charge in [0.15, 0.2) is 0 Å². The van der Waals surface area contributed by atoms with Gasteiger partial charge >= 0.3 is 0 Å². The number of nitrogens with zero attached hydrogens (tertiary/aromatic N) is 3. The van der Waals surface area contributed by atoms with Crippen molar-refractivity contribution in [3.8, 4) is 0 Å². The van der Waals surface area contributed by atoms with Crippen LogP contribution in [0.15, 0.2) is 16.9 Å². The first kappa shape index (κ1) is 16.0. The highest BCUT2D eigenvalue weighted by Gasteiger charge is 2.38. The quantitative estimate of drug-likeness (QED) is 0.897. The number of fused-ring (bicyclic) bond motifs is 4. The Kier molecular flexibility index (Phi) is 4.19. The van der Waals surface area contributed by atoms with E-state index in [1.54, 1.807) is 0 Å². The van der Waals surface area contributed by atoms with Crippen LogP contribution >= 0.6 is 0 Å². The van der Waals surface area contributed by atoms with E-state index in [2.05, 4.69) is 31.8 Å². The largest absolute Gasteiger partial charge is 0.314 e. The molecule has 136 valence electrons. The Morgan fingerprint density at radius 3 is 2.64 bits per heavy atom. The number of rotatable bonds is 3. The van der Waals surface area contributed by atoms with Crippen molar-refractivity contribution < 1.29 is 0 Å². The molecule has 1 aromatic heterocycles. The lowest BCUT2D eigenvalue weighted by atomic mass is 9.82. The van der Waals surface area contributed by atoms with Crippen LogP contribution in [0.4, 0.5) is 0 Å². The van der Waals surface area contributed by atoms with Crippen LogP contribution in [0.3, 0.4) is 0 Å². The number of pyridine rings is 1. The first-order chi connectivity index (χ1) is 12.3. The van der Waals surface area contributed by atoms with E-state index in [0.717, 1.165) is 57.4 Å². The smallest absolute Gasteiger partial charge is 0.255 e. The average Bonchev–Trinajstić information content (AvgIpc) is 2.57. The Balaban J connectivity index is 1.38. The summed E-state index contributed by atoms with van der Waals surface area (Å²) in [6.45, 7) is 8.65. The molecular formula is C20H30N4O. The van der Waals surface area contributed by atoms with Gasteiger partial charge in [0.05, 0.1) is 0 Å². The van der Waals surface area contributed by atoms with Crippen molar-refractivity contribution in [2.75, 3.05) is 39.3 Å². The highest BCUT2D eigenvalue weighted by atomic mass is 16.1. The van der Waals surface area contributed by atoms with Gasteiger partial charge in [0.2, 0.25) is 0 Å². The molecule has 0 spiro atoms. The van der Waals surface area contributed by atoms with Gasteiger partial charge < -0.3 is 9.88 Å². The number of hydrogen-bond donors (Lipinski definition) is 1. The van der Waals surface area contributed by atoms with Gasteiger partial charge in [0.1, 0.15) is 0 Å². The van der Waals surface area contributed by atoms with Crippen molar-refractivity contribution in [2.24, 2.45) is 5.92 Å². The third-order valence-corrected chi connectivity index (χ3v) is 6.83. The zero-order valence-electron chi connectivity index (χ0n) is 15.1. The van der Waals surface area contributed by atoms with Gasteiger partial charge in [-0.2, -0.15) is 0 Å². The summed E-state index contributed by atoms with van der Waals surface area (Å²) in [6, 6.07) is 5.12. The fraction of sp³-hybridized carbons (Fsp3) is 0.750. The third-order valence-electron chi connectivity index (χ3n) is 6.83. The number of nitrogens with one attached hydrogen (secondary N) is 1. The summed E-state index contributed by atoms with van der Waals surface area (Å²) in [5, 5.41) is 3.40. The second kappa shape index (κ2) is 6.53. The minimum Gasteiger partial charge on any atom is -0.314 e. The molecule has 0 aliphatic carbocycles. The summed E-state index contributed by atoms with van der Waals surface area (Å²) >= 11 is 0. The van der Waals surface area contributed by atoms with E-state index in [0.29, 0.717) is 11.8 Å². The van der Waals surface area contributed by atoms with E-state index in [9.17, 15) is 4.79 Å². The molecule has 0 aromatic carbocycles. The molecule has 5 heteroatoms. The van der Waals surface area contributed by atoms with Crippen LogP contribution in [0.1, 0.15) is 42.9 Å². The maximum Gasteiger partial charge on any atom is 0.255 e. The number of likely N-dealkylation sites (tertiary alicyclic amines) is 2. The molecule has 5 nitrogen and oxygen atoms in total. The molecule has 0 unspecified atom stereocenters. The lowest BCUT2D eigenvalue weighted by molar-refractivity contribution is 0.0585. The SMILES string of the molecule is O=c1c(CN2CCCCC2)ccc2n1C[C@H]1C[C@@H]2CN(C2CNC2)C1. The van der Waals surface area contributed by atoms with Crippen LogP contribution in [0.2, 0.25) is 0 Å². The molecule has 5 rings (SSSR count).